The van der Waals surface area contributed by atoms with E-state index in [1.165, 1.54) is 0 Å². The number of benzene rings is 2. The standard InChI is InChI=1S/C19H19NO4/c20-17(13-14-7-3-1-4-8-14)16(18(21)22)11-12-24-19(23)15-9-5-2-6-10-15/h1-10,16,20H,11-13H2,(H,21,22). The predicted molar refractivity (Wildman–Crippen MR) is 90.3 cm³/mol. The topological polar surface area (TPSA) is 87.5 Å². The molecule has 5 nitrogen and oxygen atoms in total. The van der Waals surface area contributed by atoms with Gasteiger partial charge in [-0.05, 0) is 17.7 Å². The van der Waals surface area contributed by atoms with Crippen LogP contribution in [0.4, 0.5) is 0 Å². The number of carboxylic acid groups (broad SMARTS) is 1. The second kappa shape index (κ2) is 8.62. The smallest absolute Gasteiger partial charge is 0.338 e. The molecule has 1 atom stereocenters. The summed E-state index contributed by atoms with van der Waals surface area (Å²) < 4.78 is 5.11. The van der Waals surface area contributed by atoms with Crippen LogP contribution < -0.4 is 0 Å². The number of carbonyl (C=O) groups is 2. The molecule has 5 heteroatoms. The van der Waals surface area contributed by atoms with Gasteiger partial charge in [0.15, 0.2) is 0 Å². The molecule has 0 saturated heterocycles. The van der Waals surface area contributed by atoms with Crippen LogP contribution in [0.2, 0.25) is 0 Å². The Hall–Kier alpha value is -2.95. The van der Waals surface area contributed by atoms with E-state index in [1.54, 1.807) is 30.3 Å². The molecule has 2 aromatic carbocycles. The number of carboxylic acids is 1. The van der Waals surface area contributed by atoms with Crippen molar-refractivity contribution in [3.63, 3.8) is 0 Å². The first-order chi connectivity index (χ1) is 11.6. The number of esters is 1. The largest absolute Gasteiger partial charge is 0.481 e. The maximum absolute atomic E-state index is 11.8. The van der Waals surface area contributed by atoms with Gasteiger partial charge in [-0.3, -0.25) is 4.79 Å². The van der Waals surface area contributed by atoms with E-state index in [0.29, 0.717) is 5.56 Å². The fraction of sp³-hybridized carbons (Fsp3) is 0.211. The molecule has 2 N–H and O–H groups in total. The lowest BCUT2D eigenvalue weighted by molar-refractivity contribution is -0.139. The van der Waals surface area contributed by atoms with Gasteiger partial charge < -0.3 is 15.3 Å². The highest BCUT2D eigenvalue weighted by Gasteiger charge is 2.23. The first-order valence-electron chi connectivity index (χ1n) is 7.64. The Kier molecular flexibility index (Phi) is 6.25. The van der Waals surface area contributed by atoms with E-state index in [1.807, 2.05) is 30.3 Å². The number of carbonyl (C=O) groups excluding carboxylic acids is 1. The molecule has 0 heterocycles. The minimum atomic E-state index is -1.08. The number of hydrogen-bond donors (Lipinski definition) is 2. The van der Waals surface area contributed by atoms with Crippen molar-refractivity contribution >= 4 is 17.7 Å². The summed E-state index contributed by atoms with van der Waals surface area (Å²) >= 11 is 0. The Morgan fingerprint density at radius 2 is 1.58 bits per heavy atom. The average molecular weight is 325 g/mol. The lowest BCUT2D eigenvalue weighted by Crippen LogP contribution is -2.26. The van der Waals surface area contributed by atoms with Gasteiger partial charge in [0.25, 0.3) is 0 Å². The van der Waals surface area contributed by atoms with E-state index >= 15 is 0 Å². The third kappa shape index (κ3) is 5.05. The third-order valence-electron chi connectivity index (χ3n) is 3.61. The molecule has 2 aromatic rings. The van der Waals surface area contributed by atoms with Crippen LogP contribution in [0.3, 0.4) is 0 Å². The van der Waals surface area contributed by atoms with Crippen molar-refractivity contribution in [1.29, 1.82) is 5.41 Å². The Balaban J connectivity index is 1.88. The normalized spacial score (nSPS) is 11.5. The Morgan fingerprint density at radius 1 is 1.00 bits per heavy atom. The maximum Gasteiger partial charge on any atom is 0.338 e. The van der Waals surface area contributed by atoms with Crippen molar-refractivity contribution in [2.75, 3.05) is 6.61 Å². The summed E-state index contributed by atoms with van der Waals surface area (Å²) in [6.45, 7) is -0.0398. The molecule has 0 aliphatic heterocycles. The highest BCUT2D eigenvalue weighted by molar-refractivity contribution is 6.00. The van der Waals surface area contributed by atoms with Crippen molar-refractivity contribution in [2.45, 2.75) is 12.8 Å². The molecule has 2 rings (SSSR count). The highest BCUT2D eigenvalue weighted by Crippen LogP contribution is 2.12. The van der Waals surface area contributed by atoms with E-state index in [2.05, 4.69) is 0 Å². The number of rotatable bonds is 8. The molecular weight excluding hydrogens is 306 g/mol. The van der Waals surface area contributed by atoms with Gasteiger partial charge in [0.2, 0.25) is 0 Å². The zero-order valence-electron chi connectivity index (χ0n) is 13.1. The van der Waals surface area contributed by atoms with Gasteiger partial charge in [-0.1, -0.05) is 48.5 Å². The number of hydrogen-bond acceptors (Lipinski definition) is 4. The average Bonchev–Trinajstić information content (AvgIpc) is 2.59. The van der Waals surface area contributed by atoms with Crippen LogP contribution in [-0.4, -0.2) is 29.4 Å². The van der Waals surface area contributed by atoms with Gasteiger partial charge in [0.05, 0.1) is 18.1 Å². The number of nitrogens with one attached hydrogen (secondary N) is 1. The maximum atomic E-state index is 11.8. The van der Waals surface area contributed by atoms with E-state index in [4.69, 9.17) is 10.1 Å². The molecule has 0 radical (unpaired) electrons. The lowest BCUT2D eigenvalue weighted by Gasteiger charge is -2.14. The SMILES string of the molecule is N=C(Cc1ccccc1)C(CCOC(=O)c1ccccc1)C(=O)O. The van der Waals surface area contributed by atoms with Crippen molar-refractivity contribution in [3.05, 3.63) is 71.8 Å². The Morgan fingerprint density at radius 3 is 2.17 bits per heavy atom. The van der Waals surface area contributed by atoms with Crippen LogP contribution in [0.5, 0.6) is 0 Å². The van der Waals surface area contributed by atoms with Crippen LogP contribution in [0.15, 0.2) is 60.7 Å². The van der Waals surface area contributed by atoms with Crippen LogP contribution in [0, 0.1) is 11.3 Å². The summed E-state index contributed by atoms with van der Waals surface area (Å²) in [4.78, 5) is 23.2. The van der Waals surface area contributed by atoms with Crippen LogP contribution in [-0.2, 0) is 16.0 Å². The summed E-state index contributed by atoms with van der Waals surface area (Å²) in [5.41, 5.74) is 1.41. The monoisotopic (exact) mass is 325 g/mol. The molecule has 0 fully saturated rings. The van der Waals surface area contributed by atoms with Crippen molar-refractivity contribution < 1.29 is 19.4 Å². The first kappa shape index (κ1) is 17.4. The molecule has 0 aromatic heterocycles. The van der Waals surface area contributed by atoms with Gasteiger partial charge in [-0.2, -0.15) is 0 Å². The molecule has 1 unspecified atom stereocenters. The highest BCUT2D eigenvalue weighted by atomic mass is 16.5. The summed E-state index contributed by atoms with van der Waals surface area (Å²) in [6.07, 6.45) is 0.351. The van der Waals surface area contributed by atoms with Crippen LogP contribution in [0.25, 0.3) is 0 Å². The minimum Gasteiger partial charge on any atom is -0.481 e. The van der Waals surface area contributed by atoms with Gasteiger partial charge in [-0.15, -0.1) is 0 Å². The van der Waals surface area contributed by atoms with Crippen molar-refractivity contribution in [2.24, 2.45) is 5.92 Å². The van der Waals surface area contributed by atoms with E-state index in [9.17, 15) is 14.7 Å². The van der Waals surface area contributed by atoms with Crippen molar-refractivity contribution in [1.82, 2.24) is 0 Å². The molecule has 0 spiro atoms. The van der Waals surface area contributed by atoms with E-state index in [0.717, 1.165) is 5.56 Å². The minimum absolute atomic E-state index is 0.0398. The fourth-order valence-electron chi connectivity index (χ4n) is 2.31. The molecule has 0 saturated carbocycles. The molecule has 0 amide bonds. The summed E-state index contributed by atoms with van der Waals surface area (Å²) in [5, 5.41) is 17.4. The van der Waals surface area contributed by atoms with Gasteiger partial charge >= 0.3 is 11.9 Å². The number of ether oxygens (including phenoxy) is 1. The summed E-state index contributed by atoms with van der Waals surface area (Å²) in [6, 6.07) is 17.8. The third-order valence-corrected chi connectivity index (χ3v) is 3.61. The van der Waals surface area contributed by atoms with Gasteiger partial charge in [0, 0.05) is 18.6 Å². The quantitative estimate of drug-likeness (QED) is 0.576. The Labute approximate surface area is 140 Å². The molecule has 24 heavy (non-hydrogen) atoms. The second-order valence-corrected chi connectivity index (χ2v) is 5.37. The Bertz CT molecular complexity index is 698. The van der Waals surface area contributed by atoms with Crippen LogP contribution >= 0.6 is 0 Å². The molecular formula is C19H19NO4. The van der Waals surface area contributed by atoms with Gasteiger partial charge in [-0.25, -0.2) is 4.79 Å². The van der Waals surface area contributed by atoms with Crippen LogP contribution in [0.1, 0.15) is 22.3 Å². The zero-order chi connectivity index (χ0) is 17.4. The summed E-state index contributed by atoms with van der Waals surface area (Å²) in [7, 11) is 0. The zero-order valence-corrected chi connectivity index (χ0v) is 13.1. The van der Waals surface area contributed by atoms with Crippen molar-refractivity contribution in [3.8, 4) is 0 Å². The second-order valence-electron chi connectivity index (χ2n) is 5.37. The molecule has 0 aliphatic rings. The molecule has 0 aliphatic carbocycles. The van der Waals surface area contributed by atoms with E-state index in [-0.39, 0.29) is 25.2 Å². The lowest BCUT2D eigenvalue weighted by atomic mass is 9.94. The summed E-state index contributed by atoms with van der Waals surface area (Å²) in [5.74, 6) is -2.53. The molecule has 124 valence electrons. The van der Waals surface area contributed by atoms with Gasteiger partial charge in [0.1, 0.15) is 0 Å². The first-order valence-corrected chi connectivity index (χ1v) is 7.64. The number of aliphatic carboxylic acids is 1. The predicted octanol–water partition coefficient (Wildman–Crippen LogP) is 3.20. The fourth-order valence-corrected chi connectivity index (χ4v) is 2.31. The molecule has 0 bridgehead atoms. The van der Waals surface area contributed by atoms with E-state index < -0.39 is 17.9 Å².